The fraction of sp³-hybridized carbons (Fsp3) is 0.426. The number of imide groups is 1. The lowest BCUT2D eigenvalue weighted by molar-refractivity contribution is -0.124. The fourth-order valence-corrected chi connectivity index (χ4v) is 8.53. The standard InChI is InChI=1S/C47H52FN5O7/c1-3-34-38(52-46(57)43(34)48)27-59-47-36-24-40(58-2)37(44(49)55)23-35(36)32(26-51-47)19-18-28-14-16-30(17-15-28)25-50-20-6-4-5-9-29-10-7-12-33(21-29)60-39-13-8-11-31-22-41(54)53-45(56)42(31)39/h7-8,10-13,21,23-24,26,28,30,34,38,43,50H,3-6,9,14-17,20,22,25,27H2,1-2H3,(H2,49,55)(H,52,57)(H,53,54,56)/t28-,30-,34-,38+,43-/m0/s1. The lowest BCUT2D eigenvalue weighted by atomic mass is 9.82. The molecule has 3 atom stereocenters. The summed E-state index contributed by atoms with van der Waals surface area (Å²) in [4.78, 5) is 53.2. The third-order valence-electron chi connectivity index (χ3n) is 11.9. The highest BCUT2D eigenvalue weighted by Gasteiger charge is 2.42. The van der Waals surface area contributed by atoms with Gasteiger partial charge in [-0.2, -0.15) is 0 Å². The zero-order chi connectivity index (χ0) is 42.2. The number of primary amides is 1. The molecule has 60 heavy (non-hydrogen) atoms. The van der Waals surface area contributed by atoms with Crippen LogP contribution >= 0.6 is 0 Å². The summed E-state index contributed by atoms with van der Waals surface area (Å²) in [6.07, 6.45) is 9.03. The molecule has 13 heteroatoms. The molecule has 3 aliphatic rings. The van der Waals surface area contributed by atoms with Crippen LogP contribution in [0.25, 0.3) is 10.8 Å². The Kier molecular flexibility index (Phi) is 13.6. The Morgan fingerprint density at radius 1 is 1.00 bits per heavy atom. The number of alkyl halides is 1. The van der Waals surface area contributed by atoms with Crippen LogP contribution in [0.3, 0.4) is 0 Å². The van der Waals surface area contributed by atoms with Crippen LogP contribution in [0.1, 0.15) is 95.7 Å². The molecule has 2 aliphatic heterocycles. The number of rotatable bonds is 16. The van der Waals surface area contributed by atoms with E-state index in [0.717, 1.165) is 64.5 Å². The molecular formula is C47H52FN5O7. The first kappa shape index (κ1) is 42.1. The zero-order valence-corrected chi connectivity index (χ0v) is 34.1. The van der Waals surface area contributed by atoms with Crippen LogP contribution in [0.15, 0.2) is 60.8 Å². The number of fused-ring (bicyclic) bond motifs is 2. The maximum Gasteiger partial charge on any atom is 0.261 e. The Labute approximate surface area is 349 Å². The van der Waals surface area contributed by atoms with Crippen LogP contribution in [0.4, 0.5) is 4.39 Å². The van der Waals surface area contributed by atoms with Gasteiger partial charge in [-0.05, 0) is 112 Å². The number of nitrogens with zero attached hydrogens (tertiary/aromatic N) is 1. The highest BCUT2D eigenvalue weighted by atomic mass is 19.1. The average molecular weight is 818 g/mol. The van der Waals surface area contributed by atoms with E-state index in [1.165, 1.54) is 12.7 Å². The number of methoxy groups -OCH3 is 1. The van der Waals surface area contributed by atoms with Crippen molar-refractivity contribution in [2.75, 3.05) is 26.8 Å². The van der Waals surface area contributed by atoms with E-state index >= 15 is 0 Å². The van der Waals surface area contributed by atoms with Gasteiger partial charge in [-0.15, -0.1) is 0 Å². The third-order valence-corrected chi connectivity index (χ3v) is 11.9. The first-order chi connectivity index (χ1) is 29.1. The van der Waals surface area contributed by atoms with Crippen molar-refractivity contribution in [3.63, 3.8) is 0 Å². The summed E-state index contributed by atoms with van der Waals surface area (Å²) in [5.74, 6) is 6.78. The Balaban J connectivity index is 0.861. The van der Waals surface area contributed by atoms with E-state index in [9.17, 15) is 23.6 Å². The molecule has 2 fully saturated rings. The molecule has 4 amide bonds. The number of hydrogen-bond donors (Lipinski definition) is 4. The topological polar surface area (TPSA) is 171 Å². The second kappa shape index (κ2) is 19.4. The van der Waals surface area contributed by atoms with Gasteiger partial charge in [0.15, 0.2) is 6.17 Å². The van der Waals surface area contributed by atoms with Crippen molar-refractivity contribution in [2.24, 2.45) is 23.5 Å². The van der Waals surface area contributed by atoms with Gasteiger partial charge in [0.1, 0.15) is 23.9 Å². The van der Waals surface area contributed by atoms with E-state index in [2.05, 4.69) is 38.8 Å². The van der Waals surface area contributed by atoms with Crippen LogP contribution in [0.2, 0.25) is 0 Å². The summed E-state index contributed by atoms with van der Waals surface area (Å²) in [5, 5.41) is 9.95. The Bertz CT molecular complexity index is 2310. The van der Waals surface area contributed by atoms with E-state index in [1.54, 1.807) is 36.5 Å². The fourth-order valence-electron chi connectivity index (χ4n) is 8.53. The largest absolute Gasteiger partial charge is 0.496 e. The van der Waals surface area contributed by atoms with Gasteiger partial charge in [0.25, 0.3) is 17.7 Å². The molecule has 0 radical (unpaired) electrons. The molecule has 7 rings (SSSR count). The number of pyridine rings is 1. The van der Waals surface area contributed by atoms with Gasteiger partial charge >= 0.3 is 0 Å². The SMILES string of the molecule is CC[C@@H]1[C@H](F)C(=O)N[C@@H]1COc1ncc(C#C[C@H]2CC[C@H](CNCCCCCc3cccc(Oc4cccc5c4C(=O)NC(=O)C5)c3)CC2)c2cc(C(N)=O)c(OC)cc12. The molecule has 1 saturated carbocycles. The summed E-state index contributed by atoms with van der Waals surface area (Å²) < 4.78 is 32.1. The summed E-state index contributed by atoms with van der Waals surface area (Å²) in [7, 11) is 1.45. The normalized spacial score (nSPS) is 21.1. The second-order valence-corrected chi connectivity index (χ2v) is 15.9. The van der Waals surface area contributed by atoms with Crippen molar-refractivity contribution in [3.05, 3.63) is 88.6 Å². The quantitative estimate of drug-likeness (QED) is 0.0572. The molecule has 1 saturated heterocycles. The number of benzene rings is 3. The number of aryl methyl sites for hydroxylation is 1. The minimum atomic E-state index is -1.58. The Hall–Kier alpha value is -6.00. The van der Waals surface area contributed by atoms with Crippen molar-refractivity contribution in [1.82, 2.24) is 20.9 Å². The number of unbranched alkanes of at least 4 members (excludes halogenated alkanes) is 2. The van der Waals surface area contributed by atoms with Gasteiger partial charge in [0.05, 0.1) is 36.3 Å². The van der Waals surface area contributed by atoms with E-state index in [-0.39, 0.29) is 42.0 Å². The number of ether oxygens (including phenoxy) is 3. The maximum absolute atomic E-state index is 14.4. The predicted molar refractivity (Wildman–Crippen MR) is 225 cm³/mol. The van der Waals surface area contributed by atoms with Crippen LogP contribution in [0, 0.1) is 29.6 Å². The van der Waals surface area contributed by atoms with E-state index < -0.39 is 35.9 Å². The summed E-state index contributed by atoms with van der Waals surface area (Å²) in [5.41, 5.74) is 8.81. The lowest BCUT2D eigenvalue weighted by Gasteiger charge is -2.26. The summed E-state index contributed by atoms with van der Waals surface area (Å²) in [6.45, 7) is 3.83. The van der Waals surface area contributed by atoms with Crippen LogP contribution in [-0.4, -0.2) is 67.6 Å². The Morgan fingerprint density at radius 3 is 2.60 bits per heavy atom. The first-order valence-corrected chi connectivity index (χ1v) is 20.9. The van der Waals surface area contributed by atoms with Gasteiger partial charge < -0.3 is 30.6 Å². The molecule has 0 bridgehead atoms. The molecule has 12 nitrogen and oxygen atoms in total. The number of aromatic nitrogens is 1. The molecule has 3 heterocycles. The van der Waals surface area contributed by atoms with Crippen molar-refractivity contribution in [2.45, 2.75) is 83.3 Å². The molecule has 1 aromatic heterocycles. The minimum absolute atomic E-state index is 0.0375. The average Bonchev–Trinajstić information content (AvgIpc) is 3.52. The lowest BCUT2D eigenvalue weighted by Crippen LogP contribution is -2.37. The van der Waals surface area contributed by atoms with Crippen LogP contribution in [-0.2, 0) is 22.4 Å². The minimum Gasteiger partial charge on any atom is -0.496 e. The van der Waals surface area contributed by atoms with Gasteiger partial charge in [0.2, 0.25) is 11.8 Å². The van der Waals surface area contributed by atoms with Crippen molar-refractivity contribution in [3.8, 4) is 35.0 Å². The summed E-state index contributed by atoms with van der Waals surface area (Å²) >= 11 is 0. The van der Waals surface area contributed by atoms with Gasteiger partial charge in [-0.1, -0.05) is 49.5 Å². The number of hydrogen-bond acceptors (Lipinski definition) is 9. The zero-order valence-electron chi connectivity index (χ0n) is 34.1. The monoisotopic (exact) mass is 817 g/mol. The van der Waals surface area contributed by atoms with Gasteiger partial charge in [-0.25, -0.2) is 9.37 Å². The molecule has 0 spiro atoms. The van der Waals surface area contributed by atoms with E-state index in [4.69, 9.17) is 19.9 Å². The number of halogens is 1. The number of carbonyl (C=O) groups is 4. The third kappa shape index (κ3) is 9.88. The molecular weight excluding hydrogens is 766 g/mol. The molecule has 1 aliphatic carbocycles. The summed E-state index contributed by atoms with van der Waals surface area (Å²) in [6, 6.07) is 16.1. The van der Waals surface area contributed by atoms with Crippen molar-refractivity contribution in [1.29, 1.82) is 0 Å². The van der Waals surface area contributed by atoms with Crippen LogP contribution < -0.4 is 35.9 Å². The van der Waals surface area contributed by atoms with E-state index in [0.29, 0.717) is 51.3 Å². The predicted octanol–water partition coefficient (Wildman–Crippen LogP) is 6.35. The molecule has 314 valence electrons. The highest BCUT2D eigenvalue weighted by Crippen LogP contribution is 2.35. The number of carbonyl (C=O) groups excluding carboxylic acids is 4. The Morgan fingerprint density at radius 2 is 1.82 bits per heavy atom. The molecule has 3 aromatic carbocycles. The van der Waals surface area contributed by atoms with E-state index in [1.807, 2.05) is 25.1 Å². The number of nitrogens with two attached hydrogens (primary N) is 1. The smallest absolute Gasteiger partial charge is 0.261 e. The van der Waals surface area contributed by atoms with Gasteiger partial charge in [-0.3, -0.25) is 24.5 Å². The van der Waals surface area contributed by atoms with Crippen LogP contribution in [0.5, 0.6) is 23.1 Å². The molecule has 0 unspecified atom stereocenters. The second-order valence-electron chi connectivity index (χ2n) is 15.9. The number of amides is 4. The number of nitrogens with one attached hydrogen (secondary N) is 3. The first-order valence-electron chi connectivity index (χ1n) is 20.9. The molecule has 5 N–H and O–H groups in total. The van der Waals surface area contributed by atoms with Crippen molar-refractivity contribution >= 4 is 34.4 Å². The van der Waals surface area contributed by atoms with Crippen molar-refractivity contribution < 1.29 is 37.8 Å². The maximum atomic E-state index is 14.4. The molecule has 4 aromatic rings. The van der Waals surface area contributed by atoms with Gasteiger partial charge in [0, 0.05) is 28.8 Å². The highest BCUT2D eigenvalue weighted by molar-refractivity contribution is 6.11.